The molecule has 0 unspecified atom stereocenters. The number of hydrogen-bond donors (Lipinski definition) is 0. The lowest BCUT2D eigenvalue weighted by Gasteiger charge is -2.43. The minimum Gasteiger partial charge on any atom is -0.407 e. The average molecular weight is 335 g/mol. The van der Waals surface area contributed by atoms with Gasteiger partial charge < -0.3 is 4.43 Å². The van der Waals surface area contributed by atoms with Crippen molar-refractivity contribution in [3.63, 3.8) is 0 Å². The first kappa shape index (κ1) is 17.0. The summed E-state index contributed by atoms with van der Waals surface area (Å²) in [5.41, 5.74) is 0. The molecule has 24 heavy (non-hydrogen) atoms. The van der Waals surface area contributed by atoms with E-state index in [1.807, 2.05) is 0 Å². The summed E-state index contributed by atoms with van der Waals surface area (Å²) < 4.78 is 6.87. The van der Waals surface area contributed by atoms with E-state index < -0.39 is 8.32 Å². The molecular weight excluding hydrogens is 308 g/mol. The molecule has 0 saturated heterocycles. The fourth-order valence-electron chi connectivity index (χ4n) is 3.63. The maximum Gasteiger partial charge on any atom is 0.261 e. The van der Waals surface area contributed by atoms with Crippen LogP contribution in [0, 0.1) is 24.2 Å². The second kappa shape index (κ2) is 6.59. The zero-order chi connectivity index (χ0) is 17.2. The van der Waals surface area contributed by atoms with E-state index in [1.165, 1.54) is 10.4 Å². The van der Waals surface area contributed by atoms with E-state index in [0.717, 1.165) is 13.0 Å². The Balaban J connectivity index is 2.06. The summed E-state index contributed by atoms with van der Waals surface area (Å²) in [7, 11) is -2.38. The summed E-state index contributed by atoms with van der Waals surface area (Å²) in [5, 5.41) is 2.71. The maximum absolute atomic E-state index is 6.87. The van der Waals surface area contributed by atoms with Gasteiger partial charge in [-0.3, -0.25) is 0 Å². The molecule has 0 radical (unpaired) electrons. The maximum atomic E-state index is 6.87. The second-order valence-electron chi connectivity index (χ2n) is 7.74. The Morgan fingerprint density at radius 2 is 1.50 bits per heavy atom. The van der Waals surface area contributed by atoms with Crippen molar-refractivity contribution in [2.75, 3.05) is 6.61 Å². The number of benzene rings is 2. The first-order valence-electron chi connectivity index (χ1n) is 8.70. The van der Waals surface area contributed by atoms with E-state index in [4.69, 9.17) is 10.8 Å². The van der Waals surface area contributed by atoms with Gasteiger partial charge in [-0.05, 0) is 27.8 Å². The highest BCUT2D eigenvalue weighted by atomic mass is 28.4. The predicted octanol–water partition coefficient (Wildman–Crippen LogP) is 3.83. The van der Waals surface area contributed by atoms with Crippen molar-refractivity contribution in [3.05, 3.63) is 60.7 Å². The Morgan fingerprint density at radius 3 is 1.88 bits per heavy atom. The number of rotatable bonds is 5. The van der Waals surface area contributed by atoms with Crippen LogP contribution in [0.15, 0.2) is 60.7 Å². The minimum absolute atomic E-state index is 0.0379. The SMILES string of the molecule is C#C[C@H]1C[C@@H]1CO[Si](c1ccccc1)(c1ccccc1)C(C)(C)C. The van der Waals surface area contributed by atoms with Gasteiger partial charge in [-0.25, -0.2) is 0 Å². The summed E-state index contributed by atoms with van der Waals surface area (Å²) in [5.74, 6) is 3.81. The third-order valence-electron chi connectivity index (χ3n) is 5.07. The lowest BCUT2D eigenvalue weighted by Crippen LogP contribution is -2.66. The smallest absolute Gasteiger partial charge is 0.261 e. The molecule has 3 rings (SSSR count). The van der Waals surface area contributed by atoms with Crippen LogP contribution in [-0.2, 0) is 4.43 Å². The van der Waals surface area contributed by atoms with Gasteiger partial charge in [-0.15, -0.1) is 12.3 Å². The Hall–Kier alpha value is -1.82. The van der Waals surface area contributed by atoms with Crippen molar-refractivity contribution in [1.82, 2.24) is 0 Å². The molecule has 1 fully saturated rings. The minimum atomic E-state index is -2.38. The topological polar surface area (TPSA) is 9.23 Å². The molecule has 0 N–H and O–H groups in total. The average Bonchev–Trinajstić information content (AvgIpc) is 3.35. The molecule has 124 valence electrons. The summed E-state index contributed by atoms with van der Waals surface area (Å²) in [6, 6.07) is 21.6. The largest absolute Gasteiger partial charge is 0.407 e. The molecule has 1 saturated carbocycles. The molecule has 2 aromatic rings. The second-order valence-corrected chi connectivity index (χ2v) is 12.0. The summed E-state index contributed by atoms with van der Waals surface area (Å²) >= 11 is 0. The van der Waals surface area contributed by atoms with Gasteiger partial charge in [0.05, 0.1) is 0 Å². The highest BCUT2D eigenvalue weighted by molar-refractivity contribution is 6.99. The van der Waals surface area contributed by atoms with Crippen molar-refractivity contribution in [2.45, 2.75) is 32.2 Å². The Kier molecular flexibility index (Phi) is 4.67. The van der Waals surface area contributed by atoms with Gasteiger partial charge >= 0.3 is 0 Å². The third-order valence-corrected chi connectivity index (χ3v) is 10.1. The van der Waals surface area contributed by atoms with Crippen LogP contribution in [0.25, 0.3) is 0 Å². The van der Waals surface area contributed by atoms with E-state index in [0.29, 0.717) is 11.8 Å². The normalized spacial score (nSPS) is 20.4. The van der Waals surface area contributed by atoms with Gasteiger partial charge in [0.1, 0.15) is 0 Å². The van der Waals surface area contributed by atoms with Crippen molar-refractivity contribution < 1.29 is 4.43 Å². The fourth-order valence-corrected chi connectivity index (χ4v) is 8.25. The van der Waals surface area contributed by atoms with Crippen molar-refractivity contribution in [1.29, 1.82) is 0 Å². The number of hydrogen-bond acceptors (Lipinski definition) is 1. The van der Waals surface area contributed by atoms with E-state index in [9.17, 15) is 0 Å². The van der Waals surface area contributed by atoms with E-state index in [-0.39, 0.29) is 5.04 Å². The molecule has 0 heterocycles. The standard InChI is InChI=1S/C22H26OSi/c1-5-18-16-19(18)17-23-24(22(2,3)4,20-12-8-6-9-13-20)21-14-10-7-11-15-21/h1,6-15,18-19H,16-17H2,2-4H3/t18-,19+/m0/s1. The van der Waals surface area contributed by atoms with Crippen molar-refractivity contribution in [2.24, 2.45) is 11.8 Å². The van der Waals surface area contributed by atoms with Crippen LogP contribution in [-0.4, -0.2) is 14.9 Å². The van der Waals surface area contributed by atoms with Crippen molar-refractivity contribution >= 4 is 18.7 Å². The first-order valence-corrected chi connectivity index (χ1v) is 10.6. The zero-order valence-electron chi connectivity index (χ0n) is 14.8. The first-order chi connectivity index (χ1) is 11.5. The molecule has 0 bridgehead atoms. The highest BCUT2D eigenvalue weighted by Crippen LogP contribution is 2.41. The molecule has 1 aliphatic rings. The lowest BCUT2D eigenvalue weighted by atomic mass is 10.2. The Morgan fingerprint density at radius 1 is 1.00 bits per heavy atom. The van der Waals surface area contributed by atoms with Gasteiger partial charge in [-0.1, -0.05) is 81.4 Å². The monoisotopic (exact) mass is 334 g/mol. The van der Waals surface area contributed by atoms with Gasteiger partial charge in [0.2, 0.25) is 0 Å². The van der Waals surface area contributed by atoms with Crippen LogP contribution in [0.4, 0.5) is 0 Å². The summed E-state index contributed by atoms with van der Waals surface area (Å²) in [6.45, 7) is 7.70. The molecule has 1 nitrogen and oxygen atoms in total. The molecule has 0 spiro atoms. The van der Waals surface area contributed by atoms with Crippen molar-refractivity contribution in [3.8, 4) is 12.3 Å². The molecule has 2 atom stereocenters. The van der Waals surface area contributed by atoms with Gasteiger partial charge in [0.25, 0.3) is 8.32 Å². The zero-order valence-corrected chi connectivity index (χ0v) is 15.8. The van der Waals surface area contributed by atoms with Gasteiger partial charge in [-0.2, -0.15) is 0 Å². The Labute approximate surface area is 147 Å². The van der Waals surface area contributed by atoms with Gasteiger partial charge in [0, 0.05) is 12.5 Å². The predicted molar refractivity (Wildman–Crippen MR) is 104 cm³/mol. The lowest BCUT2D eigenvalue weighted by molar-refractivity contribution is 0.278. The van der Waals surface area contributed by atoms with Crippen LogP contribution >= 0.6 is 0 Å². The van der Waals surface area contributed by atoms with Crippen LogP contribution in [0.5, 0.6) is 0 Å². The van der Waals surface area contributed by atoms with Crippen LogP contribution < -0.4 is 10.4 Å². The molecule has 0 aromatic heterocycles. The van der Waals surface area contributed by atoms with Gasteiger partial charge in [0.15, 0.2) is 0 Å². The molecule has 0 aliphatic heterocycles. The van der Waals surface area contributed by atoms with Crippen LogP contribution in [0.3, 0.4) is 0 Å². The van der Waals surface area contributed by atoms with E-state index >= 15 is 0 Å². The fraction of sp³-hybridized carbons (Fsp3) is 0.364. The molecule has 1 aliphatic carbocycles. The molecule has 2 heteroatoms. The quantitative estimate of drug-likeness (QED) is 0.596. The third kappa shape index (κ3) is 3.07. The molecular formula is C22H26OSi. The molecule has 0 amide bonds. The molecule has 2 aromatic carbocycles. The Bertz CT molecular complexity index is 670. The highest BCUT2D eigenvalue weighted by Gasteiger charge is 2.51. The number of terminal acetylenes is 1. The van der Waals surface area contributed by atoms with E-state index in [2.05, 4.69) is 87.4 Å². The van der Waals surface area contributed by atoms with Crippen LogP contribution in [0.1, 0.15) is 27.2 Å². The van der Waals surface area contributed by atoms with Crippen LogP contribution in [0.2, 0.25) is 5.04 Å². The van der Waals surface area contributed by atoms with E-state index in [1.54, 1.807) is 0 Å². The summed E-state index contributed by atoms with van der Waals surface area (Å²) in [6.07, 6.45) is 6.68. The summed E-state index contributed by atoms with van der Waals surface area (Å²) in [4.78, 5) is 0.